The van der Waals surface area contributed by atoms with Crippen LogP contribution in [-0.2, 0) is 5.92 Å². The third kappa shape index (κ3) is 4.68. The van der Waals surface area contributed by atoms with E-state index in [-0.39, 0.29) is 21.9 Å². The van der Waals surface area contributed by atoms with Crippen molar-refractivity contribution in [3.63, 3.8) is 0 Å². The zero-order valence-electron chi connectivity index (χ0n) is 18.6. The summed E-state index contributed by atoms with van der Waals surface area (Å²) in [5, 5.41) is 15.8. The first-order valence-corrected chi connectivity index (χ1v) is 11.3. The number of carbonyl (C=O) groups excluding carboxylic acids is 1. The van der Waals surface area contributed by atoms with Crippen LogP contribution in [0.5, 0.6) is 0 Å². The summed E-state index contributed by atoms with van der Waals surface area (Å²) in [7, 11) is 0. The van der Waals surface area contributed by atoms with Gasteiger partial charge in [-0.3, -0.25) is 10.1 Å². The van der Waals surface area contributed by atoms with Crippen molar-refractivity contribution in [3.8, 4) is 21.7 Å². The molecule has 36 heavy (non-hydrogen) atoms. The van der Waals surface area contributed by atoms with Crippen molar-refractivity contribution in [1.82, 2.24) is 25.3 Å². The Labute approximate surface area is 205 Å². The van der Waals surface area contributed by atoms with Crippen LogP contribution < -0.4 is 16.1 Å². The van der Waals surface area contributed by atoms with E-state index in [2.05, 4.69) is 37.1 Å². The molecule has 0 atom stereocenters. The molecule has 13 heteroatoms. The Morgan fingerprint density at radius 1 is 1.25 bits per heavy atom. The largest absolute Gasteiger partial charge is 0.477 e. The van der Waals surface area contributed by atoms with E-state index in [1.54, 1.807) is 6.92 Å². The van der Waals surface area contributed by atoms with E-state index in [4.69, 9.17) is 0 Å². The number of alkyl halides is 2. The molecule has 0 aromatic carbocycles. The minimum atomic E-state index is -3.35. The minimum Gasteiger partial charge on any atom is -0.477 e. The van der Waals surface area contributed by atoms with Crippen LogP contribution >= 0.6 is 11.3 Å². The number of hydrogen-bond acceptors (Lipinski definition) is 7. The number of hydrogen-bond donors (Lipinski definition) is 4. The topological polar surface area (TPSA) is 150 Å². The number of H-pyrrole nitrogens is 1. The van der Waals surface area contributed by atoms with Gasteiger partial charge in [-0.25, -0.2) is 24.5 Å². The lowest BCUT2D eigenvalue weighted by molar-refractivity contribution is 0.0484. The van der Waals surface area contributed by atoms with Gasteiger partial charge in [-0.05, 0) is 25.1 Å². The van der Waals surface area contributed by atoms with Gasteiger partial charge in [0, 0.05) is 47.2 Å². The van der Waals surface area contributed by atoms with E-state index in [1.165, 1.54) is 29.9 Å². The Morgan fingerprint density at radius 2 is 2.03 bits per heavy atom. The maximum absolute atomic E-state index is 14.1. The molecule has 0 aliphatic heterocycles. The molecule has 4 rings (SSSR count). The van der Waals surface area contributed by atoms with Gasteiger partial charge in [0.05, 0.1) is 5.39 Å². The summed E-state index contributed by atoms with van der Waals surface area (Å²) in [4.78, 5) is 51.2. The standard InChI is InChI=1S/C23H18F2N6O4S/c1-3-23(24,25)16-10-36-20(30-16)12-6-17(31-22(35)26-4-2)27-8-14(12)11-5-13-18(32)15(21(33)34)9-29-19(13)28-7-11/h3,5-10H,1,4H2,2H3,(H,33,34)(H,28,29,32)(H2,26,27,31,35). The van der Waals surface area contributed by atoms with Gasteiger partial charge in [-0.2, -0.15) is 8.78 Å². The summed E-state index contributed by atoms with van der Waals surface area (Å²) in [5.74, 6) is -4.62. The van der Waals surface area contributed by atoms with Crippen LogP contribution in [0.1, 0.15) is 23.0 Å². The van der Waals surface area contributed by atoms with E-state index in [9.17, 15) is 28.3 Å². The van der Waals surface area contributed by atoms with Gasteiger partial charge in [-0.1, -0.05) is 6.58 Å². The van der Waals surface area contributed by atoms with Gasteiger partial charge in [-0.15, -0.1) is 11.3 Å². The first-order chi connectivity index (χ1) is 17.1. The van der Waals surface area contributed by atoms with Gasteiger partial charge >= 0.3 is 17.9 Å². The number of pyridine rings is 3. The summed E-state index contributed by atoms with van der Waals surface area (Å²) in [6, 6.07) is 2.38. The molecule has 0 unspecified atom stereocenters. The van der Waals surface area contributed by atoms with Crippen LogP contribution in [0.4, 0.5) is 19.4 Å². The molecule has 10 nitrogen and oxygen atoms in total. The van der Waals surface area contributed by atoms with Gasteiger partial charge < -0.3 is 15.4 Å². The van der Waals surface area contributed by atoms with E-state index >= 15 is 0 Å². The zero-order chi connectivity index (χ0) is 26.0. The number of carbonyl (C=O) groups is 2. The molecule has 0 radical (unpaired) electrons. The number of nitrogens with one attached hydrogen (secondary N) is 3. The Balaban J connectivity index is 1.89. The summed E-state index contributed by atoms with van der Waals surface area (Å²) in [6.07, 6.45) is 4.34. The third-order valence-electron chi connectivity index (χ3n) is 5.09. The minimum absolute atomic E-state index is 0.0147. The van der Waals surface area contributed by atoms with Crippen LogP contribution in [0.25, 0.3) is 32.7 Å². The number of aromatic nitrogens is 4. The number of thiazole rings is 1. The van der Waals surface area contributed by atoms with Crippen molar-refractivity contribution >= 4 is 40.2 Å². The number of nitrogens with zero attached hydrogens (tertiary/aromatic N) is 3. The predicted octanol–water partition coefficient (Wildman–Crippen LogP) is 4.23. The highest BCUT2D eigenvalue weighted by molar-refractivity contribution is 7.13. The highest BCUT2D eigenvalue weighted by Gasteiger charge is 2.31. The average molecular weight is 512 g/mol. The van der Waals surface area contributed by atoms with Crippen LogP contribution in [0.15, 0.2) is 53.6 Å². The van der Waals surface area contributed by atoms with E-state index in [0.29, 0.717) is 29.3 Å². The Hall–Kier alpha value is -4.52. The van der Waals surface area contributed by atoms with Crippen LogP contribution in [0.3, 0.4) is 0 Å². The SMILES string of the molecule is C=CC(F)(F)c1csc(-c2cc(NC(=O)NCC)ncc2-c2cnc3[nH]cc(C(=O)O)c(=O)c3c2)n1. The quantitative estimate of drug-likeness (QED) is 0.271. The summed E-state index contributed by atoms with van der Waals surface area (Å²) in [5.41, 5.74) is -0.476. The summed E-state index contributed by atoms with van der Waals surface area (Å²) >= 11 is 0.944. The average Bonchev–Trinajstić information content (AvgIpc) is 3.35. The fourth-order valence-corrected chi connectivity index (χ4v) is 4.20. The van der Waals surface area contributed by atoms with Crippen LogP contribution in [0, 0.1) is 0 Å². The van der Waals surface area contributed by atoms with Gasteiger partial charge in [0.25, 0.3) is 0 Å². The number of halogens is 2. The smallest absolute Gasteiger partial charge is 0.341 e. The van der Waals surface area contributed by atoms with Crippen molar-refractivity contribution in [1.29, 1.82) is 0 Å². The summed E-state index contributed by atoms with van der Waals surface area (Å²) < 4.78 is 28.3. The molecular formula is C23H18F2N6O4S. The molecule has 0 aliphatic carbocycles. The molecule has 0 saturated heterocycles. The molecule has 0 spiro atoms. The van der Waals surface area contributed by atoms with E-state index in [0.717, 1.165) is 17.5 Å². The van der Waals surface area contributed by atoms with Gasteiger partial charge in [0.1, 0.15) is 27.7 Å². The number of aromatic amines is 1. The van der Waals surface area contributed by atoms with Gasteiger partial charge in [0.15, 0.2) is 0 Å². The highest BCUT2D eigenvalue weighted by Crippen LogP contribution is 2.38. The normalized spacial score (nSPS) is 11.3. The highest BCUT2D eigenvalue weighted by atomic mass is 32.1. The molecule has 0 fully saturated rings. The second-order valence-corrected chi connectivity index (χ2v) is 8.28. The number of rotatable bonds is 7. The fraction of sp³-hybridized carbons (Fsp3) is 0.130. The van der Waals surface area contributed by atoms with Crippen molar-refractivity contribution in [2.24, 2.45) is 0 Å². The number of carboxylic acids is 1. The third-order valence-corrected chi connectivity index (χ3v) is 5.96. The maximum atomic E-state index is 14.1. The first-order valence-electron chi connectivity index (χ1n) is 10.4. The first kappa shape index (κ1) is 24.6. The summed E-state index contributed by atoms with van der Waals surface area (Å²) in [6.45, 7) is 5.26. The van der Waals surface area contributed by atoms with Crippen molar-refractivity contribution < 1.29 is 23.5 Å². The number of amides is 2. The second kappa shape index (κ2) is 9.62. The number of carboxylic acid groups (broad SMARTS) is 1. The molecule has 4 N–H and O–H groups in total. The molecule has 2 amide bonds. The maximum Gasteiger partial charge on any atom is 0.341 e. The number of urea groups is 1. The molecule has 4 heterocycles. The van der Waals surface area contributed by atoms with E-state index in [1.807, 2.05) is 0 Å². The Kier molecular flexibility index (Phi) is 6.57. The van der Waals surface area contributed by atoms with Crippen molar-refractivity contribution in [2.75, 3.05) is 11.9 Å². The second-order valence-electron chi connectivity index (χ2n) is 7.42. The Morgan fingerprint density at radius 3 is 2.72 bits per heavy atom. The molecule has 4 aromatic heterocycles. The lowest BCUT2D eigenvalue weighted by Crippen LogP contribution is -2.28. The monoisotopic (exact) mass is 512 g/mol. The number of anilines is 1. The fourth-order valence-electron chi connectivity index (χ4n) is 3.32. The molecule has 4 aromatic rings. The van der Waals surface area contributed by atoms with Crippen molar-refractivity contribution in [2.45, 2.75) is 12.8 Å². The van der Waals surface area contributed by atoms with Crippen LogP contribution in [0.2, 0.25) is 0 Å². The number of fused-ring (bicyclic) bond motifs is 1. The zero-order valence-corrected chi connectivity index (χ0v) is 19.4. The number of allylic oxidation sites excluding steroid dienone is 1. The van der Waals surface area contributed by atoms with Crippen molar-refractivity contribution in [3.05, 3.63) is 70.2 Å². The molecular weight excluding hydrogens is 494 g/mol. The van der Waals surface area contributed by atoms with Crippen LogP contribution in [-0.4, -0.2) is 43.6 Å². The van der Waals surface area contributed by atoms with Gasteiger partial charge in [0.2, 0.25) is 5.43 Å². The molecule has 0 aliphatic rings. The number of aromatic carboxylic acids is 1. The molecule has 0 bridgehead atoms. The lowest BCUT2D eigenvalue weighted by Gasteiger charge is -2.12. The predicted molar refractivity (Wildman–Crippen MR) is 130 cm³/mol. The van der Waals surface area contributed by atoms with E-state index < -0.39 is 34.6 Å². The Bertz CT molecular complexity index is 1570. The molecule has 184 valence electrons. The molecule has 0 saturated carbocycles. The lowest BCUT2D eigenvalue weighted by atomic mass is 10.0.